The predicted molar refractivity (Wildman–Crippen MR) is 71.0 cm³/mol. The minimum absolute atomic E-state index is 0.0356. The van der Waals surface area contributed by atoms with Gasteiger partial charge in [0.1, 0.15) is 0 Å². The number of nitrogens with zero attached hydrogens (tertiary/aromatic N) is 1. The van der Waals surface area contributed by atoms with Gasteiger partial charge >= 0.3 is 0 Å². The van der Waals surface area contributed by atoms with Gasteiger partial charge in [-0.05, 0) is 23.5 Å². The van der Waals surface area contributed by atoms with Crippen LogP contribution in [0.1, 0.15) is 50.7 Å². The fraction of sp³-hybridized carbons (Fsp3) is 0.462. The Bertz CT molecular complexity index is 468. The molecule has 0 radical (unpaired) electrons. The van der Waals surface area contributed by atoms with E-state index >= 15 is 0 Å². The highest BCUT2D eigenvalue weighted by molar-refractivity contribution is 5.79. The summed E-state index contributed by atoms with van der Waals surface area (Å²) in [5.74, 6) is 0.150. The maximum Gasteiger partial charge on any atom is 0.274 e. The predicted octanol–water partition coefficient (Wildman–Crippen LogP) is 3.41. The van der Waals surface area contributed by atoms with Crippen molar-refractivity contribution < 1.29 is 9.72 Å². The molecular formula is C13H18N2O3. The van der Waals surface area contributed by atoms with E-state index in [1.807, 2.05) is 27.7 Å². The number of nitro benzene ring substituents is 1. The molecule has 0 atom stereocenters. The molecule has 0 fully saturated rings. The smallest absolute Gasteiger partial charge is 0.274 e. The van der Waals surface area contributed by atoms with Gasteiger partial charge in [-0.1, -0.05) is 27.7 Å². The third-order valence-corrected chi connectivity index (χ3v) is 2.85. The quantitative estimate of drug-likeness (QED) is 0.494. The van der Waals surface area contributed by atoms with E-state index in [0.29, 0.717) is 17.7 Å². The second-order valence-corrected chi connectivity index (χ2v) is 4.79. The molecule has 0 spiro atoms. The number of hydrogen-bond donors (Lipinski definition) is 1. The van der Waals surface area contributed by atoms with Gasteiger partial charge < -0.3 is 5.32 Å². The first-order valence-electron chi connectivity index (χ1n) is 5.91. The standard InChI is InChI=1S/C13H18N2O3/c1-8(2)10-5-6-11(15(17)18)12(9(3)4)13(10)14-7-16/h5-9H,1-4H3,(H,14,16). The summed E-state index contributed by atoms with van der Waals surface area (Å²) in [6.45, 7) is 7.73. The summed E-state index contributed by atoms with van der Waals surface area (Å²) < 4.78 is 0. The van der Waals surface area contributed by atoms with Gasteiger partial charge in [0.05, 0.1) is 16.2 Å². The van der Waals surface area contributed by atoms with Gasteiger partial charge in [0, 0.05) is 6.07 Å². The number of benzene rings is 1. The summed E-state index contributed by atoms with van der Waals surface area (Å²) >= 11 is 0. The van der Waals surface area contributed by atoms with Gasteiger partial charge in [-0.15, -0.1) is 0 Å². The van der Waals surface area contributed by atoms with Crippen LogP contribution in [0.3, 0.4) is 0 Å². The fourth-order valence-electron chi connectivity index (χ4n) is 2.07. The molecule has 1 amide bonds. The molecule has 0 heterocycles. The van der Waals surface area contributed by atoms with Gasteiger partial charge in [-0.25, -0.2) is 0 Å². The molecule has 0 unspecified atom stereocenters. The number of nitro groups is 1. The zero-order chi connectivity index (χ0) is 13.9. The highest BCUT2D eigenvalue weighted by Gasteiger charge is 2.23. The molecule has 0 saturated carbocycles. The highest BCUT2D eigenvalue weighted by Crippen LogP contribution is 2.38. The maximum atomic E-state index is 11.1. The number of anilines is 1. The topological polar surface area (TPSA) is 72.2 Å². The second-order valence-electron chi connectivity index (χ2n) is 4.79. The largest absolute Gasteiger partial charge is 0.328 e. The van der Waals surface area contributed by atoms with Crippen LogP contribution in [0.5, 0.6) is 0 Å². The van der Waals surface area contributed by atoms with Gasteiger partial charge in [0.15, 0.2) is 0 Å². The summed E-state index contributed by atoms with van der Waals surface area (Å²) in [7, 11) is 0. The number of hydrogen-bond acceptors (Lipinski definition) is 3. The Hall–Kier alpha value is -1.91. The van der Waals surface area contributed by atoms with E-state index in [4.69, 9.17) is 0 Å². The van der Waals surface area contributed by atoms with Crippen molar-refractivity contribution in [1.82, 2.24) is 0 Å². The van der Waals surface area contributed by atoms with Crippen molar-refractivity contribution in [1.29, 1.82) is 0 Å². The highest BCUT2D eigenvalue weighted by atomic mass is 16.6. The SMILES string of the molecule is CC(C)c1ccc([N+](=O)[O-])c(C(C)C)c1NC=O. The summed E-state index contributed by atoms with van der Waals surface area (Å²) in [6.07, 6.45) is 0.566. The van der Waals surface area contributed by atoms with Crippen molar-refractivity contribution in [2.45, 2.75) is 39.5 Å². The number of rotatable bonds is 5. The zero-order valence-corrected chi connectivity index (χ0v) is 11.1. The Kier molecular flexibility index (Phi) is 4.42. The molecular weight excluding hydrogens is 232 g/mol. The molecule has 0 saturated heterocycles. The van der Waals surface area contributed by atoms with E-state index in [9.17, 15) is 14.9 Å². The molecule has 1 aromatic carbocycles. The number of carbonyl (C=O) groups is 1. The molecule has 5 heteroatoms. The molecule has 0 bridgehead atoms. The maximum absolute atomic E-state index is 11.1. The average Bonchev–Trinajstić information content (AvgIpc) is 2.27. The van der Waals surface area contributed by atoms with Crippen molar-refractivity contribution in [3.05, 3.63) is 33.4 Å². The third-order valence-electron chi connectivity index (χ3n) is 2.85. The molecule has 0 aliphatic rings. The van der Waals surface area contributed by atoms with Crippen LogP contribution in [-0.4, -0.2) is 11.3 Å². The second kappa shape index (κ2) is 5.62. The Morgan fingerprint density at radius 2 is 1.83 bits per heavy atom. The van der Waals surface area contributed by atoms with E-state index in [1.54, 1.807) is 6.07 Å². The normalized spacial score (nSPS) is 10.8. The van der Waals surface area contributed by atoms with Gasteiger partial charge in [-0.2, -0.15) is 0 Å². The molecule has 98 valence electrons. The van der Waals surface area contributed by atoms with Crippen LogP contribution in [0.25, 0.3) is 0 Å². The number of nitrogens with one attached hydrogen (secondary N) is 1. The van der Waals surface area contributed by atoms with Crippen LogP contribution < -0.4 is 5.32 Å². The molecule has 1 rings (SSSR count). The van der Waals surface area contributed by atoms with E-state index in [-0.39, 0.29) is 17.5 Å². The summed E-state index contributed by atoms with van der Waals surface area (Å²) in [5.41, 5.74) is 2.12. The van der Waals surface area contributed by atoms with Crippen molar-refractivity contribution in [2.75, 3.05) is 5.32 Å². The Balaban J connectivity index is 3.58. The minimum atomic E-state index is -0.407. The van der Waals surface area contributed by atoms with Gasteiger partial charge in [-0.3, -0.25) is 14.9 Å². The Labute approximate surface area is 106 Å². The molecule has 0 aromatic heterocycles. The van der Waals surface area contributed by atoms with Crippen molar-refractivity contribution in [2.24, 2.45) is 0 Å². The first kappa shape index (κ1) is 14.2. The lowest BCUT2D eigenvalue weighted by atomic mass is 9.91. The van der Waals surface area contributed by atoms with Crippen LogP contribution in [0.4, 0.5) is 11.4 Å². The van der Waals surface area contributed by atoms with E-state index < -0.39 is 4.92 Å². The molecule has 5 nitrogen and oxygen atoms in total. The van der Waals surface area contributed by atoms with Crippen LogP contribution in [0, 0.1) is 10.1 Å². The molecule has 18 heavy (non-hydrogen) atoms. The van der Waals surface area contributed by atoms with Gasteiger partial charge in [0.25, 0.3) is 5.69 Å². The monoisotopic (exact) mass is 250 g/mol. The molecule has 0 aliphatic carbocycles. The van der Waals surface area contributed by atoms with Crippen molar-refractivity contribution in [3.63, 3.8) is 0 Å². The fourth-order valence-corrected chi connectivity index (χ4v) is 2.07. The zero-order valence-electron chi connectivity index (χ0n) is 11.1. The summed E-state index contributed by atoms with van der Waals surface area (Å²) in [4.78, 5) is 21.4. The first-order valence-corrected chi connectivity index (χ1v) is 5.91. The summed E-state index contributed by atoms with van der Waals surface area (Å²) in [6, 6.07) is 3.22. The van der Waals surface area contributed by atoms with Crippen LogP contribution in [0.15, 0.2) is 12.1 Å². The van der Waals surface area contributed by atoms with Crippen LogP contribution in [0.2, 0.25) is 0 Å². The van der Waals surface area contributed by atoms with E-state index in [2.05, 4.69) is 5.32 Å². The number of amides is 1. The molecule has 0 aliphatic heterocycles. The third kappa shape index (κ3) is 2.67. The average molecular weight is 250 g/mol. The molecule has 1 N–H and O–H groups in total. The first-order chi connectivity index (χ1) is 8.40. The Morgan fingerprint density at radius 1 is 1.22 bits per heavy atom. The van der Waals surface area contributed by atoms with Crippen molar-refractivity contribution in [3.8, 4) is 0 Å². The van der Waals surface area contributed by atoms with E-state index in [1.165, 1.54) is 6.07 Å². The minimum Gasteiger partial charge on any atom is -0.328 e. The van der Waals surface area contributed by atoms with E-state index in [0.717, 1.165) is 5.56 Å². The Morgan fingerprint density at radius 3 is 2.22 bits per heavy atom. The van der Waals surface area contributed by atoms with Crippen LogP contribution >= 0.6 is 0 Å². The lowest BCUT2D eigenvalue weighted by Gasteiger charge is -2.18. The lowest BCUT2D eigenvalue weighted by molar-refractivity contribution is -0.385. The lowest BCUT2D eigenvalue weighted by Crippen LogP contribution is -2.08. The van der Waals surface area contributed by atoms with Crippen molar-refractivity contribution >= 4 is 17.8 Å². The summed E-state index contributed by atoms with van der Waals surface area (Å²) in [5, 5.41) is 13.7. The van der Waals surface area contributed by atoms with Crippen LogP contribution in [-0.2, 0) is 4.79 Å². The number of carbonyl (C=O) groups excluding carboxylic acids is 1. The van der Waals surface area contributed by atoms with Gasteiger partial charge in [0.2, 0.25) is 6.41 Å². The molecule has 1 aromatic rings.